The Balaban J connectivity index is 2.85. The summed E-state index contributed by atoms with van der Waals surface area (Å²) in [6.45, 7) is 4.05. The molecular weight excluding hydrogens is 319 g/mol. The largest absolute Gasteiger partial charge is 0.478 e. The number of benzene rings is 1. The van der Waals surface area contributed by atoms with Crippen molar-refractivity contribution in [3.05, 3.63) is 27.7 Å². The first kappa shape index (κ1) is 15.3. The summed E-state index contributed by atoms with van der Waals surface area (Å²) in [4.78, 5) is 11.6. The zero-order valence-corrected chi connectivity index (χ0v) is 12.9. The van der Waals surface area contributed by atoms with Crippen LogP contribution in [0.25, 0.3) is 0 Å². The Morgan fingerprint density at radius 3 is 2.61 bits per heavy atom. The molecule has 0 fully saturated rings. The van der Waals surface area contributed by atoms with Gasteiger partial charge in [0, 0.05) is 5.02 Å². The molecular formula is C13H16BrClO3. The van der Waals surface area contributed by atoms with Crippen molar-refractivity contribution in [2.24, 2.45) is 5.92 Å². The maximum absolute atomic E-state index is 11.6. The first-order valence-electron chi connectivity index (χ1n) is 5.63. The number of hydrogen-bond acceptors (Lipinski definition) is 3. The van der Waals surface area contributed by atoms with E-state index in [2.05, 4.69) is 15.9 Å². The summed E-state index contributed by atoms with van der Waals surface area (Å²) in [6, 6.07) is 5.16. The molecule has 1 atom stereocenters. The maximum Gasteiger partial charge on any atom is 0.347 e. The SMILES string of the molecule is COC(=O)[C@@H](CC(C)C)Oc1ccc(Cl)cc1Br. The molecule has 1 rings (SSSR count). The van der Waals surface area contributed by atoms with Gasteiger partial charge in [0.25, 0.3) is 0 Å². The van der Waals surface area contributed by atoms with Gasteiger partial charge in [-0.2, -0.15) is 0 Å². The molecule has 0 spiro atoms. The van der Waals surface area contributed by atoms with Crippen molar-refractivity contribution in [2.45, 2.75) is 26.4 Å². The first-order valence-corrected chi connectivity index (χ1v) is 6.80. The van der Waals surface area contributed by atoms with Gasteiger partial charge >= 0.3 is 5.97 Å². The Morgan fingerprint density at radius 1 is 1.44 bits per heavy atom. The minimum absolute atomic E-state index is 0.333. The molecule has 0 heterocycles. The van der Waals surface area contributed by atoms with Crippen molar-refractivity contribution in [3.8, 4) is 5.75 Å². The van der Waals surface area contributed by atoms with Crippen LogP contribution in [0.4, 0.5) is 0 Å². The highest BCUT2D eigenvalue weighted by Gasteiger charge is 2.23. The summed E-state index contributed by atoms with van der Waals surface area (Å²) in [5.41, 5.74) is 0. The average Bonchev–Trinajstić information content (AvgIpc) is 2.30. The Kier molecular flexibility index (Phi) is 5.96. The van der Waals surface area contributed by atoms with Crippen LogP contribution in [0.1, 0.15) is 20.3 Å². The lowest BCUT2D eigenvalue weighted by atomic mass is 10.1. The van der Waals surface area contributed by atoms with Crippen molar-refractivity contribution in [3.63, 3.8) is 0 Å². The van der Waals surface area contributed by atoms with Gasteiger partial charge in [0.15, 0.2) is 6.10 Å². The number of carbonyl (C=O) groups is 1. The minimum atomic E-state index is -0.604. The molecule has 0 aliphatic rings. The van der Waals surface area contributed by atoms with Crippen molar-refractivity contribution in [1.82, 2.24) is 0 Å². The predicted molar refractivity (Wildman–Crippen MR) is 75.0 cm³/mol. The Bertz CT molecular complexity index is 421. The molecule has 0 aromatic heterocycles. The molecule has 0 unspecified atom stereocenters. The molecule has 3 nitrogen and oxygen atoms in total. The average molecular weight is 336 g/mol. The van der Waals surface area contributed by atoms with E-state index in [1.54, 1.807) is 18.2 Å². The fourth-order valence-electron chi connectivity index (χ4n) is 1.48. The molecule has 0 amide bonds. The van der Waals surface area contributed by atoms with Gasteiger partial charge < -0.3 is 9.47 Å². The van der Waals surface area contributed by atoms with Crippen molar-refractivity contribution >= 4 is 33.5 Å². The highest BCUT2D eigenvalue weighted by atomic mass is 79.9. The van der Waals surface area contributed by atoms with Gasteiger partial charge in [0.05, 0.1) is 11.6 Å². The van der Waals surface area contributed by atoms with Gasteiger partial charge in [-0.15, -0.1) is 0 Å². The van der Waals surface area contributed by atoms with Gasteiger partial charge in [0.2, 0.25) is 0 Å². The third kappa shape index (κ3) is 4.50. The van der Waals surface area contributed by atoms with Crippen LogP contribution in [0, 0.1) is 5.92 Å². The molecule has 0 saturated heterocycles. The topological polar surface area (TPSA) is 35.5 Å². The lowest BCUT2D eigenvalue weighted by Crippen LogP contribution is -2.30. The summed E-state index contributed by atoms with van der Waals surface area (Å²) >= 11 is 9.20. The standard InChI is InChI=1S/C13H16BrClO3/c1-8(2)6-12(13(16)17-3)18-11-5-4-9(15)7-10(11)14/h4-5,7-8,12H,6H2,1-3H3/t12-/m1/s1. The highest BCUT2D eigenvalue weighted by molar-refractivity contribution is 9.10. The summed E-state index contributed by atoms with van der Waals surface area (Å²) in [6.07, 6.45) is -0.00524. The molecule has 0 aliphatic heterocycles. The van der Waals surface area contributed by atoms with Gasteiger partial charge in [-0.25, -0.2) is 4.79 Å². The van der Waals surface area contributed by atoms with Crippen LogP contribution in [0.2, 0.25) is 5.02 Å². The highest BCUT2D eigenvalue weighted by Crippen LogP contribution is 2.29. The molecule has 18 heavy (non-hydrogen) atoms. The summed E-state index contributed by atoms with van der Waals surface area (Å²) in [5.74, 6) is 0.543. The van der Waals surface area contributed by atoms with Gasteiger partial charge in [-0.1, -0.05) is 25.4 Å². The van der Waals surface area contributed by atoms with E-state index in [-0.39, 0.29) is 5.97 Å². The summed E-state index contributed by atoms with van der Waals surface area (Å²) in [5, 5.41) is 0.604. The number of halogens is 2. The Hall–Kier alpha value is -0.740. The number of carbonyl (C=O) groups excluding carboxylic acids is 1. The molecule has 0 saturated carbocycles. The number of esters is 1. The van der Waals surface area contributed by atoms with Gasteiger partial charge in [0.1, 0.15) is 5.75 Å². The van der Waals surface area contributed by atoms with Crippen molar-refractivity contribution in [2.75, 3.05) is 7.11 Å². The molecule has 5 heteroatoms. The molecule has 0 radical (unpaired) electrons. The molecule has 0 bridgehead atoms. The van der Waals surface area contributed by atoms with Crippen LogP contribution in [-0.4, -0.2) is 19.2 Å². The Labute approximate surface area is 121 Å². The second-order valence-electron chi connectivity index (χ2n) is 4.33. The van der Waals surface area contributed by atoms with Crippen LogP contribution in [0.15, 0.2) is 22.7 Å². The van der Waals surface area contributed by atoms with E-state index in [9.17, 15) is 4.79 Å². The van der Waals surface area contributed by atoms with E-state index < -0.39 is 6.10 Å². The monoisotopic (exact) mass is 334 g/mol. The maximum atomic E-state index is 11.6. The summed E-state index contributed by atoms with van der Waals surface area (Å²) in [7, 11) is 1.36. The van der Waals surface area contributed by atoms with Crippen molar-refractivity contribution < 1.29 is 14.3 Å². The molecule has 0 aliphatic carbocycles. The zero-order chi connectivity index (χ0) is 13.7. The van der Waals surface area contributed by atoms with E-state index in [0.717, 1.165) is 0 Å². The third-order valence-corrected chi connectivity index (χ3v) is 3.17. The zero-order valence-electron chi connectivity index (χ0n) is 10.6. The lowest BCUT2D eigenvalue weighted by molar-refractivity contribution is -0.149. The van der Waals surface area contributed by atoms with Gasteiger partial charge in [-0.3, -0.25) is 0 Å². The second kappa shape index (κ2) is 7.00. The van der Waals surface area contributed by atoms with E-state index in [4.69, 9.17) is 21.1 Å². The normalized spacial score (nSPS) is 12.3. The van der Waals surface area contributed by atoms with E-state index >= 15 is 0 Å². The fourth-order valence-corrected chi connectivity index (χ4v) is 2.25. The first-order chi connectivity index (χ1) is 8.43. The van der Waals surface area contributed by atoms with Crippen LogP contribution < -0.4 is 4.74 Å². The van der Waals surface area contributed by atoms with Crippen LogP contribution in [-0.2, 0) is 9.53 Å². The predicted octanol–water partition coefficient (Wildman–Crippen LogP) is 4.07. The van der Waals surface area contributed by atoms with Crippen LogP contribution in [0.5, 0.6) is 5.75 Å². The number of methoxy groups -OCH3 is 1. The molecule has 0 N–H and O–H groups in total. The second-order valence-corrected chi connectivity index (χ2v) is 5.62. The molecule has 100 valence electrons. The lowest BCUT2D eigenvalue weighted by Gasteiger charge is -2.19. The van der Waals surface area contributed by atoms with E-state index in [1.165, 1.54) is 7.11 Å². The van der Waals surface area contributed by atoms with Crippen LogP contribution in [0.3, 0.4) is 0 Å². The van der Waals surface area contributed by atoms with E-state index in [0.29, 0.717) is 27.6 Å². The quantitative estimate of drug-likeness (QED) is 0.761. The molecule has 1 aromatic rings. The minimum Gasteiger partial charge on any atom is -0.478 e. The number of ether oxygens (including phenoxy) is 2. The smallest absolute Gasteiger partial charge is 0.347 e. The molecule has 1 aromatic carbocycles. The van der Waals surface area contributed by atoms with Crippen molar-refractivity contribution in [1.29, 1.82) is 0 Å². The van der Waals surface area contributed by atoms with Crippen LogP contribution >= 0.6 is 27.5 Å². The number of rotatable bonds is 5. The summed E-state index contributed by atoms with van der Waals surface area (Å²) < 4.78 is 11.1. The fraction of sp³-hybridized carbons (Fsp3) is 0.462. The van der Waals surface area contributed by atoms with E-state index in [1.807, 2.05) is 13.8 Å². The third-order valence-electron chi connectivity index (χ3n) is 2.31. The van der Waals surface area contributed by atoms with Gasteiger partial charge in [-0.05, 0) is 46.5 Å². The number of hydrogen-bond donors (Lipinski definition) is 0. The Morgan fingerprint density at radius 2 is 2.11 bits per heavy atom.